The second-order valence-corrected chi connectivity index (χ2v) is 10.0. The lowest BCUT2D eigenvalue weighted by molar-refractivity contribution is -0.146. The third-order valence-corrected chi connectivity index (χ3v) is 8.37. The highest BCUT2D eigenvalue weighted by molar-refractivity contribution is 8.01. The average Bonchev–Trinajstić information content (AvgIpc) is 2.96. The average molecular weight is 351 g/mol. The van der Waals surface area contributed by atoms with Gasteiger partial charge < -0.3 is 9.80 Å². The van der Waals surface area contributed by atoms with Crippen LogP contribution in [0.4, 0.5) is 0 Å². The summed E-state index contributed by atoms with van der Waals surface area (Å²) >= 11 is 1.81. The van der Waals surface area contributed by atoms with Gasteiger partial charge in [-0.05, 0) is 44.4 Å². The fourth-order valence-electron chi connectivity index (χ4n) is 5.50. The molecule has 2 atom stereocenters. The van der Waals surface area contributed by atoms with Crippen LogP contribution in [0.3, 0.4) is 0 Å². The molecule has 1 spiro atoms. The molecule has 0 bridgehead atoms. The van der Waals surface area contributed by atoms with Crippen LogP contribution in [0.1, 0.15) is 71.1 Å². The predicted octanol–water partition coefficient (Wildman–Crippen LogP) is 3.40. The Morgan fingerprint density at radius 1 is 1.08 bits per heavy atom. The number of rotatable bonds is 1. The second kappa shape index (κ2) is 6.22. The van der Waals surface area contributed by atoms with Crippen LogP contribution in [-0.4, -0.2) is 51.4 Å². The Morgan fingerprint density at radius 3 is 2.54 bits per heavy atom. The Bertz CT molecular complexity index is 529. The van der Waals surface area contributed by atoms with Gasteiger partial charge in [-0.3, -0.25) is 9.59 Å². The summed E-state index contributed by atoms with van der Waals surface area (Å²) in [5.41, 5.74) is 0.370. The zero-order valence-corrected chi connectivity index (χ0v) is 15.7. The lowest BCUT2D eigenvalue weighted by Gasteiger charge is -2.44. The standard InChI is InChI=1S/C19H30N2O2S/c1-18-11-7-16(22)21(18)15(13-24-18)17(23)20-12-6-10-19(14-20)8-4-2-3-5-9-19/h15H,2-14H2,1H3/t15-,18-/m1/s1. The van der Waals surface area contributed by atoms with Crippen LogP contribution >= 0.6 is 11.8 Å². The van der Waals surface area contributed by atoms with Gasteiger partial charge in [-0.15, -0.1) is 11.8 Å². The second-order valence-electron chi connectivity index (χ2n) is 8.54. The minimum atomic E-state index is -0.212. The van der Waals surface area contributed by atoms with E-state index in [1.807, 2.05) is 16.7 Å². The molecule has 0 aromatic carbocycles. The molecule has 4 aliphatic rings. The van der Waals surface area contributed by atoms with Crippen molar-refractivity contribution in [3.63, 3.8) is 0 Å². The van der Waals surface area contributed by atoms with E-state index in [1.165, 1.54) is 44.9 Å². The molecule has 3 aliphatic heterocycles. The number of fused-ring (bicyclic) bond motifs is 1. The Labute approximate surface area is 149 Å². The summed E-state index contributed by atoms with van der Waals surface area (Å²) in [5.74, 6) is 1.19. The van der Waals surface area contributed by atoms with Gasteiger partial charge in [0.2, 0.25) is 11.8 Å². The normalized spacial score (nSPS) is 36.0. The monoisotopic (exact) mass is 350 g/mol. The van der Waals surface area contributed by atoms with Gasteiger partial charge >= 0.3 is 0 Å². The summed E-state index contributed by atoms with van der Waals surface area (Å²) in [6.07, 6.45) is 11.9. The summed E-state index contributed by atoms with van der Waals surface area (Å²) in [6.45, 7) is 3.96. The smallest absolute Gasteiger partial charge is 0.246 e. The first kappa shape index (κ1) is 16.7. The molecule has 1 aliphatic carbocycles. The van der Waals surface area contributed by atoms with Gasteiger partial charge in [-0.2, -0.15) is 0 Å². The van der Waals surface area contributed by atoms with Gasteiger partial charge in [0.15, 0.2) is 0 Å². The molecule has 0 aromatic rings. The maximum Gasteiger partial charge on any atom is 0.246 e. The Balaban J connectivity index is 1.49. The van der Waals surface area contributed by atoms with Crippen molar-refractivity contribution in [2.24, 2.45) is 5.41 Å². The largest absolute Gasteiger partial charge is 0.340 e. The van der Waals surface area contributed by atoms with E-state index in [2.05, 4.69) is 11.8 Å². The van der Waals surface area contributed by atoms with Crippen LogP contribution in [0.2, 0.25) is 0 Å². The number of likely N-dealkylation sites (tertiary alicyclic amines) is 1. The number of carbonyl (C=O) groups is 2. The van der Waals surface area contributed by atoms with Gasteiger partial charge in [-0.1, -0.05) is 25.7 Å². The molecule has 3 heterocycles. The molecule has 0 radical (unpaired) electrons. The van der Waals surface area contributed by atoms with Crippen molar-refractivity contribution < 1.29 is 9.59 Å². The quantitative estimate of drug-likeness (QED) is 0.728. The first-order valence-corrected chi connectivity index (χ1v) is 10.8. The maximum atomic E-state index is 13.3. The molecule has 4 nitrogen and oxygen atoms in total. The predicted molar refractivity (Wildman–Crippen MR) is 96.7 cm³/mol. The minimum Gasteiger partial charge on any atom is -0.340 e. The number of carbonyl (C=O) groups excluding carboxylic acids is 2. The third kappa shape index (κ3) is 2.77. The first-order valence-electron chi connectivity index (χ1n) is 9.78. The summed E-state index contributed by atoms with van der Waals surface area (Å²) in [7, 11) is 0. The van der Waals surface area contributed by atoms with E-state index in [1.54, 1.807) is 0 Å². The number of amides is 2. The first-order chi connectivity index (χ1) is 11.5. The van der Waals surface area contributed by atoms with Gasteiger partial charge in [0.05, 0.1) is 4.87 Å². The topological polar surface area (TPSA) is 40.6 Å². The van der Waals surface area contributed by atoms with E-state index < -0.39 is 0 Å². The lowest BCUT2D eigenvalue weighted by Crippen LogP contribution is -2.55. The summed E-state index contributed by atoms with van der Waals surface area (Å²) in [5, 5.41) is 0. The van der Waals surface area contributed by atoms with Gasteiger partial charge in [0.25, 0.3) is 0 Å². The van der Waals surface area contributed by atoms with E-state index in [0.717, 1.165) is 31.7 Å². The summed E-state index contributed by atoms with van der Waals surface area (Å²) in [4.78, 5) is 29.5. The van der Waals surface area contributed by atoms with Crippen molar-refractivity contribution in [3.8, 4) is 0 Å². The van der Waals surface area contributed by atoms with Crippen LogP contribution in [0.25, 0.3) is 0 Å². The van der Waals surface area contributed by atoms with Gasteiger partial charge in [0.1, 0.15) is 6.04 Å². The van der Waals surface area contributed by atoms with Crippen LogP contribution in [0.5, 0.6) is 0 Å². The molecule has 0 N–H and O–H groups in total. The fourth-order valence-corrected chi connectivity index (χ4v) is 6.92. The number of piperidine rings is 1. The zero-order chi connectivity index (χ0) is 16.8. The third-order valence-electron chi connectivity index (χ3n) is 6.87. The molecule has 0 aromatic heterocycles. The maximum absolute atomic E-state index is 13.3. The van der Waals surface area contributed by atoms with Crippen LogP contribution in [-0.2, 0) is 9.59 Å². The molecule has 2 amide bonds. The number of nitrogens with zero attached hydrogens (tertiary/aromatic N) is 2. The van der Waals surface area contributed by atoms with Gasteiger partial charge in [0, 0.05) is 25.3 Å². The molecular weight excluding hydrogens is 320 g/mol. The van der Waals surface area contributed by atoms with E-state index in [9.17, 15) is 9.59 Å². The molecule has 134 valence electrons. The molecule has 4 fully saturated rings. The molecule has 3 saturated heterocycles. The van der Waals surface area contributed by atoms with Crippen molar-refractivity contribution in [3.05, 3.63) is 0 Å². The molecule has 4 rings (SSSR count). The Morgan fingerprint density at radius 2 is 1.79 bits per heavy atom. The lowest BCUT2D eigenvalue weighted by atomic mass is 9.74. The molecule has 24 heavy (non-hydrogen) atoms. The van der Waals surface area contributed by atoms with Crippen LogP contribution in [0.15, 0.2) is 0 Å². The van der Waals surface area contributed by atoms with E-state index in [0.29, 0.717) is 11.8 Å². The highest BCUT2D eigenvalue weighted by atomic mass is 32.2. The number of thioether (sulfide) groups is 1. The van der Waals surface area contributed by atoms with Crippen molar-refractivity contribution in [2.75, 3.05) is 18.8 Å². The number of hydrogen-bond acceptors (Lipinski definition) is 3. The fraction of sp³-hybridized carbons (Fsp3) is 0.895. The van der Waals surface area contributed by atoms with E-state index >= 15 is 0 Å². The molecule has 0 unspecified atom stereocenters. The Hall–Kier alpha value is -0.710. The Kier molecular flexibility index (Phi) is 4.34. The summed E-state index contributed by atoms with van der Waals surface area (Å²) in [6, 6.07) is -0.212. The zero-order valence-electron chi connectivity index (χ0n) is 14.9. The molecule has 1 saturated carbocycles. The molecule has 5 heteroatoms. The number of hydrogen-bond donors (Lipinski definition) is 0. The highest BCUT2D eigenvalue weighted by Gasteiger charge is 2.54. The van der Waals surface area contributed by atoms with Crippen molar-refractivity contribution in [1.29, 1.82) is 0 Å². The highest BCUT2D eigenvalue weighted by Crippen LogP contribution is 2.48. The van der Waals surface area contributed by atoms with Crippen molar-refractivity contribution >= 4 is 23.6 Å². The van der Waals surface area contributed by atoms with Crippen molar-refractivity contribution in [2.45, 2.75) is 82.0 Å². The van der Waals surface area contributed by atoms with Crippen LogP contribution < -0.4 is 0 Å². The van der Waals surface area contributed by atoms with Crippen LogP contribution in [0, 0.1) is 5.41 Å². The van der Waals surface area contributed by atoms with Crippen molar-refractivity contribution in [1.82, 2.24) is 9.80 Å². The van der Waals surface area contributed by atoms with Gasteiger partial charge in [-0.25, -0.2) is 0 Å². The molecular formula is C19H30N2O2S. The SMILES string of the molecule is C[C@@]12CCC(=O)N1[C@@H](C(=O)N1CCCC3(CCCCCC3)C1)CS2. The van der Waals surface area contributed by atoms with E-state index in [-0.39, 0.29) is 22.7 Å². The summed E-state index contributed by atoms with van der Waals surface area (Å²) < 4.78 is 0. The van der Waals surface area contributed by atoms with E-state index in [4.69, 9.17) is 0 Å². The minimum absolute atomic E-state index is 0.132.